The van der Waals surface area contributed by atoms with Gasteiger partial charge in [0, 0.05) is 42.0 Å². The van der Waals surface area contributed by atoms with E-state index in [9.17, 15) is 9.90 Å². The van der Waals surface area contributed by atoms with E-state index in [0.717, 1.165) is 42.0 Å². The Bertz CT molecular complexity index is 1030. The quantitative estimate of drug-likeness (QED) is 0.619. The van der Waals surface area contributed by atoms with Crippen LogP contribution in [0.2, 0.25) is 0 Å². The van der Waals surface area contributed by atoms with Gasteiger partial charge in [-0.3, -0.25) is 0 Å². The second kappa shape index (κ2) is 8.65. The highest BCUT2D eigenvalue weighted by Crippen LogP contribution is 2.23. The lowest BCUT2D eigenvalue weighted by Crippen LogP contribution is -2.46. The van der Waals surface area contributed by atoms with Gasteiger partial charge in [-0.1, -0.05) is 15.9 Å². The smallest absolute Gasteiger partial charge is 0.350 e. The van der Waals surface area contributed by atoms with Crippen LogP contribution in [0.25, 0.3) is 5.69 Å². The van der Waals surface area contributed by atoms with Gasteiger partial charge in [0.1, 0.15) is 6.33 Å². The summed E-state index contributed by atoms with van der Waals surface area (Å²) in [5.41, 5.74) is 2.91. The van der Waals surface area contributed by atoms with Crippen molar-refractivity contribution in [2.75, 3.05) is 36.0 Å². The Balaban J connectivity index is 1.44. The van der Waals surface area contributed by atoms with Crippen molar-refractivity contribution < 1.29 is 5.11 Å². The van der Waals surface area contributed by atoms with Gasteiger partial charge in [-0.05, 0) is 62.4 Å². The van der Waals surface area contributed by atoms with Crippen molar-refractivity contribution >= 4 is 27.3 Å². The van der Waals surface area contributed by atoms with E-state index in [1.807, 2.05) is 24.3 Å². The molecule has 2 unspecified atom stereocenters. The number of anilines is 2. The average Bonchev–Trinajstić information content (AvgIpc) is 3.15. The Kier molecular flexibility index (Phi) is 5.97. The van der Waals surface area contributed by atoms with Crippen molar-refractivity contribution in [2.24, 2.45) is 0 Å². The molecule has 0 bridgehead atoms. The predicted molar refractivity (Wildman–Crippen MR) is 123 cm³/mol. The number of piperazine rings is 1. The van der Waals surface area contributed by atoms with Crippen LogP contribution in [0.15, 0.2) is 64.1 Å². The van der Waals surface area contributed by atoms with Gasteiger partial charge in [-0.25, -0.2) is 14.0 Å². The minimum absolute atomic E-state index is 0.251. The van der Waals surface area contributed by atoms with E-state index in [1.54, 1.807) is 13.8 Å². The van der Waals surface area contributed by atoms with E-state index >= 15 is 0 Å². The molecule has 0 saturated carbocycles. The third-order valence-electron chi connectivity index (χ3n) is 5.74. The number of hydrogen-bond donors (Lipinski definition) is 1. The molecular weight excluding hydrogens is 446 g/mol. The summed E-state index contributed by atoms with van der Waals surface area (Å²) >= 11 is 3.49. The van der Waals surface area contributed by atoms with Gasteiger partial charge < -0.3 is 14.9 Å². The van der Waals surface area contributed by atoms with Gasteiger partial charge in [0.15, 0.2) is 0 Å². The molecule has 1 aliphatic heterocycles. The van der Waals surface area contributed by atoms with Gasteiger partial charge in [-0.2, -0.15) is 5.10 Å². The highest BCUT2D eigenvalue weighted by atomic mass is 79.9. The van der Waals surface area contributed by atoms with Gasteiger partial charge in [0.25, 0.3) is 0 Å². The average molecular weight is 472 g/mol. The maximum absolute atomic E-state index is 12.6. The van der Waals surface area contributed by atoms with E-state index in [-0.39, 0.29) is 11.7 Å². The molecule has 2 atom stereocenters. The number of rotatable bonds is 5. The van der Waals surface area contributed by atoms with Crippen molar-refractivity contribution in [3.63, 3.8) is 0 Å². The predicted octanol–water partition coefficient (Wildman–Crippen LogP) is 3.06. The molecule has 0 radical (unpaired) electrons. The van der Waals surface area contributed by atoms with Crippen molar-refractivity contribution in [2.45, 2.75) is 26.0 Å². The summed E-state index contributed by atoms with van der Waals surface area (Å²) in [7, 11) is 0. The monoisotopic (exact) mass is 471 g/mol. The third kappa shape index (κ3) is 4.15. The van der Waals surface area contributed by atoms with E-state index in [0.29, 0.717) is 0 Å². The summed E-state index contributed by atoms with van der Waals surface area (Å²) in [4.78, 5) is 17.4. The fourth-order valence-corrected chi connectivity index (χ4v) is 3.94. The molecule has 1 saturated heterocycles. The Labute approximate surface area is 184 Å². The Morgan fingerprint density at radius 2 is 1.33 bits per heavy atom. The molecule has 30 heavy (non-hydrogen) atoms. The number of aliphatic hydroxyl groups excluding tert-OH is 1. The van der Waals surface area contributed by atoms with Crippen molar-refractivity contribution in [1.82, 2.24) is 14.3 Å². The minimum atomic E-state index is -0.649. The summed E-state index contributed by atoms with van der Waals surface area (Å²) in [5.74, 6) is 0. The Morgan fingerprint density at radius 1 is 0.867 bits per heavy atom. The molecule has 8 heteroatoms. The normalized spacial score (nSPS) is 16.5. The summed E-state index contributed by atoms with van der Waals surface area (Å²) in [6.07, 6.45) is 0.859. The first kappa shape index (κ1) is 20.7. The first-order chi connectivity index (χ1) is 14.4. The molecule has 2 heterocycles. The zero-order chi connectivity index (χ0) is 21.3. The second-order valence-electron chi connectivity index (χ2n) is 7.68. The number of aliphatic hydroxyl groups is 1. The SMILES string of the molecule is CC(O)C(C)n1ncn(-c2ccc(N3CCN(c4ccc(Br)cc4)CC3)cc2)c1=O. The van der Waals surface area contributed by atoms with Crippen LogP contribution in [-0.2, 0) is 0 Å². The summed E-state index contributed by atoms with van der Waals surface area (Å²) in [6.45, 7) is 7.25. The molecule has 158 valence electrons. The fourth-order valence-electron chi connectivity index (χ4n) is 3.68. The molecule has 1 aromatic heterocycles. The zero-order valence-electron chi connectivity index (χ0n) is 17.1. The van der Waals surface area contributed by atoms with E-state index in [4.69, 9.17) is 0 Å². The highest BCUT2D eigenvalue weighted by molar-refractivity contribution is 9.10. The summed E-state index contributed by atoms with van der Waals surface area (Å²) in [6, 6.07) is 16.0. The van der Waals surface area contributed by atoms with Crippen LogP contribution in [0.4, 0.5) is 11.4 Å². The molecule has 0 aliphatic carbocycles. The van der Waals surface area contributed by atoms with Crippen LogP contribution >= 0.6 is 15.9 Å². The van der Waals surface area contributed by atoms with Crippen LogP contribution in [0.3, 0.4) is 0 Å². The first-order valence-electron chi connectivity index (χ1n) is 10.1. The molecule has 3 aromatic rings. The molecular formula is C22H26BrN5O2. The van der Waals surface area contributed by atoms with E-state index in [2.05, 4.69) is 55.1 Å². The maximum atomic E-state index is 12.6. The van der Waals surface area contributed by atoms with Crippen molar-refractivity contribution in [3.8, 4) is 5.69 Å². The Morgan fingerprint density at radius 3 is 1.83 bits per heavy atom. The zero-order valence-corrected chi connectivity index (χ0v) is 18.7. The van der Waals surface area contributed by atoms with Gasteiger partial charge in [-0.15, -0.1) is 0 Å². The number of nitrogens with zero attached hydrogens (tertiary/aromatic N) is 5. The van der Waals surface area contributed by atoms with Crippen LogP contribution in [0, 0.1) is 0 Å². The Hall–Kier alpha value is -2.58. The molecule has 4 rings (SSSR count). The van der Waals surface area contributed by atoms with E-state index in [1.165, 1.54) is 21.3 Å². The standard InChI is InChI=1S/C22H26BrN5O2/c1-16(17(2)29)28-22(30)27(15-24-28)21-9-7-20(8-10-21)26-13-11-25(12-14-26)19-5-3-18(23)4-6-19/h3-10,15-17,29H,11-14H2,1-2H3. The number of aromatic nitrogens is 3. The lowest BCUT2D eigenvalue weighted by molar-refractivity contribution is 0.130. The second-order valence-corrected chi connectivity index (χ2v) is 8.59. The number of halogens is 1. The fraction of sp³-hybridized carbons (Fsp3) is 0.364. The van der Waals surface area contributed by atoms with Gasteiger partial charge >= 0.3 is 5.69 Å². The molecule has 1 fully saturated rings. The largest absolute Gasteiger partial charge is 0.391 e. The molecule has 1 N–H and O–H groups in total. The van der Waals surface area contributed by atoms with Crippen molar-refractivity contribution in [3.05, 3.63) is 69.8 Å². The van der Waals surface area contributed by atoms with Crippen LogP contribution in [0.5, 0.6) is 0 Å². The number of hydrogen-bond acceptors (Lipinski definition) is 5. The van der Waals surface area contributed by atoms with Crippen molar-refractivity contribution in [1.29, 1.82) is 0 Å². The molecule has 0 amide bonds. The third-order valence-corrected chi connectivity index (χ3v) is 6.27. The minimum Gasteiger partial charge on any atom is -0.391 e. The van der Waals surface area contributed by atoms with Crippen LogP contribution < -0.4 is 15.5 Å². The summed E-state index contributed by atoms with van der Waals surface area (Å²) in [5, 5.41) is 13.9. The molecule has 1 aliphatic rings. The van der Waals surface area contributed by atoms with Gasteiger partial charge in [0.2, 0.25) is 0 Å². The van der Waals surface area contributed by atoms with E-state index < -0.39 is 6.10 Å². The van der Waals surface area contributed by atoms with Gasteiger partial charge in [0.05, 0.1) is 17.8 Å². The topological polar surface area (TPSA) is 66.5 Å². The molecule has 7 nitrogen and oxygen atoms in total. The van der Waals surface area contributed by atoms with Crippen LogP contribution in [0.1, 0.15) is 19.9 Å². The lowest BCUT2D eigenvalue weighted by atomic mass is 10.2. The lowest BCUT2D eigenvalue weighted by Gasteiger charge is -2.37. The molecule has 0 spiro atoms. The first-order valence-corrected chi connectivity index (χ1v) is 10.9. The highest BCUT2D eigenvalue weighted by Gasteiger charge is 2.19. The van der Waals surface area contributed by atoms with Crippen LogP contribution in [-0.4, -0.2) is 51.7 Å². The maximum Gasteiger partial charge on any atom is 0.350 e. The molecule has 2 aromatic carbocycles. The number of benzene rings is 2. The summed E-state index contributed by atoms with van der Waals surface area (Å²) < 4.78 is 3.92.